The highest BCUT2D eigenvalue weighted by Gasteiger charge is 2.17. The number of nitrogens with zero attached hydrogens (tertiary/aromatic N) is 2. The van der Waals surface area contributed by atoms with Crippen LogP contribution in [-0.4, -0.2) is 9.55 Å². The highest BCUT2D eigenvalue weighted by Crippen LogP contribution is 2.44. The smallest absolute Gasteiger partial charge is 0.114 e. The van der Waals surface area contributed by atoms with Crippen molar-refractivity contribution >= 4 is 43.4 Å². The summed E-state index contributed by atoms with van der Waals surface area (Å²) in [5.74, 6) is -0.179. The number of fused-ring (bicyclic) bond motifs is 4. The van der Waals surface area contributed by atoms with Crippen molar-refractivity contribution in [3.8, 4) is 39.1 Å². The van der Waals surface area contributed by atoms with Crippen LogP contribution >= 0.6 is 0 Å². The molecule has 0 amide bonds. The standard InChI is InChI=1S/C45H32N2/c1-2-43-46-41-18-10-11-19-42(41)47(43)36-27-26-33-28-35(25-24-34(33)29-36)45-39-16-8-6-14-37(39)44(38-15-7-9-17-40(38)45)32-22-20-31(21-23-32)30-12-4-3-5-13-30/h3-29H,2H2,1H3/i1D3,2D2,3D,4D,5D,12D,13D. The van der Waals surface area contributed by atoms with Gasteiger partial charge in [0.15, 0.2) is 0 Å². The zero-order valence-corrected chi connectivity index (χ0v) is 25.1. The van der Waals surface area contributed by atoms with Crippen LogP contribution in [-0.2, 0) is 6.37 Å². The van der Waals surface area contributed by atoms with Gasteiger partial charge in [0.05, 0.1) is 17.9 Å². The summed E-state index contributed by atoms with van der Waals surface area (Å²) < 4.78 is 83.9. The molecule has 0 radical (unpaired) electrons. The Morgan fingerprint density at radius 3 is 1.85 bits per heavy atom. The number of rotatable bonds is 5. The minimum atomic E-state index is -2.93. The van der Waals surface area contributed by atoms with Crippen LogP contribution in [0.5, 0.6) is 0 Å². The summed E-state index contributed by atoms with van der Waals surface area (Å²) in [4.78, 5) is 4.47. The Labute approximate surface area is 288 Å². The van der Waals surface area contributed by atoms with E-state index in [1.165, 1.54) is 0 Å². The van der Waals surface area contributed by atoms with Gasteiger partial charge in [-0.15, -0.1) is 0 Å². The third kappa shape index (κ3) is 4.53. The first-order valence-electron chi connectivity index (χ1n) is 20.4. The van der Waals surface area contributed by atoms with Crippen molar-refractivity contribution in [2.45, 2.75) is 13.2 Å². The fraction of sp³-hybridized carbons (Fsp3) is 0.0444. The van der Waals surface area contributed by atoms with Crippen molar-refractivity contribution in [3.05, 3.63) is 169 Å². The molecule has 0 N–H and O–H groups in total. The molecule has 9 aromatic rings. The van der Waals surface area contributed by atoms with E-state index < -0.39 is 19.3 Å². The molecule has 0 bridgehead atoms. The van der Waals surface area contributed by atoms with Crippen molar-refractivity contribution in [1.82, 2.24) is 9.55 Å². The molecule has 0 saturated heterocycles. The van der Waals surface area contributed by atoms with Crippen LogP contribution in [0.1, 0.15) is 26.4 Å². The number of hydrogen-bond acceptors (Lipinski definition) is 1. The van der Waals surface area contributed by atoms with E-state index in [0.717, 1.165) is 54.6 Å². The predicted octanol–water partition coefficient (Wildman–Crippen LogP) is 12.0. The first kappa shape index (κ1) is 18.9. The molecule has 0 aliphatic carbocycles. The number of benzene rings is 8. The van der Waals surface area contributed by atoms with Gasteiger partial charge in [0.1, 0.15) is 5.82 Å². The molecule has 0 aliphatic heterocycles. The van der Waals surface area contributed by atoms with E-state index in [1.54, 1.807) is 16.7 Å². The van der Waals surface area contributed by atoms with Crippen LogP contribution in [0.2, 0.25) is 0 Å². The molecular weight excluding hydrogens is 569 g/mol. The summed E-state index contributed by atoms with van der Waals surface area (Å²) in [5, 5.41) is 5.97. The lowest BCUT2D eigenvalue weighted by atomic mass is 9.85. The maximum absolute atomic E-state index is 8.60. The molecule has 47 heavy (non-hydrogen) atoms. The van der Waals surface area contributed by atoms with Crippen molar-refractivity contribution in [2.24, 2.45) is 0 Å². The third-order valence-electron chi connectivity index (χ3n) is 8.94. The highest BCUT2D eigenvalue weighted by molar-refractivity contribution is 6.21. The van der Waals surface area contributed by atoms with Crippen LogP contribution in [0.4, 0.5) is 0 Å². The van der Waals surface area contributed by atoms with E-state index in [-0.39, 0.29) is 35.6 Å². The molecule has 0 aliphatic rings. The van der Waals surface area contributed by atoms with Crippen LogP contribution < -0.4 is 0 Å². The normalized spacial score (nSPS) is 15.2. The maximum atomic E-state index is 8.60. The minimum Gasteiger partial charge on any atom is -0.296 e. The molecule has 1 aromatic heterocycles. The van der Waals surface area contributed by atoms with Gasteiger partial charge in [-0.05, 0) is 96.0 Å². The van der Waals surface area contributed by atoms with Gasteiger partial charge >= 0.3 is 0 Å². The van der Waals surface area contributed by atoms with Gasteiger partial charge in [-0.3, -0.25) is 4.57 Å². The summed E-state index contributed by atoms with van der Waals surface area (Å²) in [5.41, 5.74) is 6.41. The molecule has 2 nitrogen and oxygen atoms in total. The Balaban J connectivity index is 1.18. The predicted molar refractivity (Wildman–Crippen MR) is 199 cm³/mol. The molecule has 2 heteroatoms. The summed E-state index contributed by atoms with van der Waals surface area (Å²) in [6.07, 6.45) is -2.70. The molecule has 1 heterocycles. The zero-order chi connectivity index (χ0) is 40.0. The number of aryl methyl sites for hydroxylation is 1. The van der Waals surface area contributed by atoms with Crippen LogP contribution in [0.15, 0.2) is 164 Å². The van der Waals surface area contributed by atoms with Crippen molar-refractivity contribution in [1.29, 1.82) is 0 Å². The highest BCUT2D eigenvalue weighted by atomic mass is 15.1. The molecule has 0 atom stereocenters. The lowest BCUT2D eigenvalue weighted by Crippen LogP contribution is -2.00. The van der Waals surface area contributed by atoms with E-state index in [9.17, 15) is 0 Å². The number of imidazole rings is 1. The average Bonchev–Trinajstić information content (AvgIpc) is 3.61. The largest absolute Gasteiger partial charge is 0.296 e. The maximum Gasteiger partial charge on any atom is 0.114 e. The second kappa shape index (κ2) is 11.1. The monoisotopic (exact) mass is 610 g/mol. The first-order valence-corrected chi connectivity index (χ1v) is 15.4. The summed E-state index contributed by atoms with van der Waals surface area (Å²) in [6.45, 7) is -2.93. The van der Waals surface area contributed by atoms with Crippen molar-refractivity contribution in [3.63, 3.8) is 0 Å². The van der Waals surface area contributed by atoms with Crippen LogP contribution in [0.3, 0.4) is 0 Å². The second-order valence-corrected chi connectivity index (χ2v) is 11.5. The fourth-order valence-electron chi connectivity index (χ4n) is 6.85. The number of aromatic nitrogens is 2. The van der Waals surface area contributed by atoms with Gasteiger partial charge in [0.2, 0.25) is 0 Å². The van der Waals surface area contributed by atoms with E-state index in [2.05, 4.69) is 41.4 Å². The number of para-hydroxylation sites is 2. The van der Waals surface area contributed by atoms with E-state index in [4.69, 9.17) is 13.7 Å². The molecule has 222 valence electrons. The van der Waals surface area contributed by atoms with Crippen molar-refractivity contribution < 1.29 is 13.7 Å². The molecule has 0 saturated carbocycles. The lowest BCUT2D eigenvalue weighted by molar-refractivity contribution is 0.909. The molecule has 8 aromatic carbocycles. The van der Waals surface area contributed by atoms with Gasteiger partial charge < -0.3 is 0 Å². The molecule has 0 unspecified atom stereocenters. The first-order chi connectivity index (χ1) is 27.3. The Morgan fingerprint density at radius 1 is 0.574 bits per heavy atom. The Morgan fingerprint density at radius 2 is 1.15 bits per heavy atom. The quantitative estimate of drug-likeness (QED) is 0.177. The summed E-state index contributed by atoms with van der Waals surface area (Å²) in [7, 11) is 0. The fourth-order valence-corrected chi connectivity index (χ4v) is 6.85. The second-order valence-electron chi connectivity index (χ2n) is 11.5. The lowest BCUT2D eigenvalue weighted by Gasteiger charge is -2.18. The number of hydrogen-bond donors (Lipinski definition) is 0. The van der Waals surface area contributed by atoms with Gasteiger partial charge in [-0.25, -0.2) is 4.98 Å². The summed E-state index contributed by atoms with van der Waals surface area (Å²) >= 11 is 0. The Bertz CT molecular complexity index is 3010. The zero-order valence-electron chi connectivity index (χ0n) is 35.1. The van der Waals surface area contributed by atoms with Crippen LogP contribution in [0.25, 0.3) is 82.4 Å². The third-order valence-corrected chi connectivity index (χ3v) is 8.94. The van der Waals surface area contributed by atoms with E-state index in [0.29, 0.717) is 22.3 Å². The summed E-state index contributed by atoms with van der Waals surface area (Å²) in [6, 6.07) is 41.5. The van der Waals surface area contributed by atoms with E-state index >= 15 is 0 Å². The topological polar surface area (TPSA) is 17.8 Å². The van der Waals surface area contributed by atoms with E-state index in [1.807, 2.05) is 84.9 Å². The SMILES string of the molecule is [2H]c1c([2H])c([2H])c(-c2ccc(-c3c4ccccc4c(-c4ccc5cc(-n6c(C([2H])([2H])C([2H])([2H])[2H])nc7ccccc76)ccc5c4)c4ccccc34)cc2)c([2H])c1[2H]. The van der Waals surface area contributed by atoms with Crippen molar-refractivity contribution in [2.75, 3.05) is 0 Å². The van der Waals surface area contributed by atoms with Gasteiger partial charge in [0, 0.05) is 18.9 Å². The molecular formula is C45H32N2. The van der Waals surface area contributed by atoms with Gasteiger partial charge in [0.25, 0.3) is 0 Å². The molecule has 0 fully saturated rings. The van der Waals surface area contributed by atoms with Gasteiger partial charge in [-0.1, -0.05) is 140 Å². The molecule has 9 rings (SSSR count). The molecule has 0 spiro atoms. The van der Waals surface area contributed by atoms with Gasteiger partial charge in [-0.2, -0.15) is 0 Å². The van der Waals surface area contributed by atoms with Crippen LogP contribution in [0, 0.1) is 0 Å². The minimum absolute atomic E-state index is 0.163. The average molecular weight is 611 g/mol. The Kier molecular flexibility index (Phi) is 4.46. The Hall–Kier alpha value is -5.99.